The third-order valence-electron chi connectivity index (χ3n) is 3.36. The summed E-state index contributed by atoms with van der Waals surface area (Å²) in [5.74, 6) is 0.0529. The number of hydrogen-bond donors (Lipinski definition) is 1. The Morgan fingerprint density at radius 3 is 2.63 bits per heavy atom. The quantitative estimate of drug-likeness (QED) is 0.822. The van der Waals surface area contributed by atoms with E-state index in [2.05, 4.69) is 5.32 Å². The Balaban J connectivity index is 1.88. The van der Waals surface area contributed by atoms with E-state index in [1.165, 1.54) is 4.90 Å². The summed E-state index contributed by atoms with van der Waals surface area (Å²) in [4.78, 5) is 13.5. The molecule has 1 saturated carbocycles. The highest BCUT2D eigenvalue weighted by molar-refractivity contribution is 5.81. The smallest absolute Gasteiger partial charge is 0.366 e. The number of nitrogens with one attached hydrogen (secondary N) is 1. The lowest BCUT2D eigenvalue weighted by Crippen LogP contribution is -2.50. The predicted molar refractivity (Wildman–Crippen MR) is 62.6 cm³/mol. The van der Waals surface area contributed by atoms with Crippen molar-refractivity contribution in [2.45, 2.75) is 31.5 Å². The summed E-state index contributed by atoms with van der Waals surface area (Å²) in [6.45, 7) is 1.64. The second kappa shape index (κ2) is 6.09. The number of alkyl halides is 3. The van der Waals surface area contributed by atoms with E-state index in [1.54, 1.807) is 0 Å². The van der Waals surface area contributed by atoms with Gasteiger partial charge in [-0.2, -0.15) is 13.2 Å². The fraction of sp³-hybridized carbons (Fsp3) is 0.917. The maximum Gasteiger partial charge on any atom is 0.390 e. The van der Waals surface area contributed by atoms with Gasteiger partial charge in [0.15, 0.2) is 0 Å². The Kier molecular flexibility index (Phi) is 4.67. The van der Waals surface area contributed by atoms with Crippen LogP contribution in [0.25, 0.3) is 0 Å². The van der Waals surface area contributed by atoms with Crippen molar-refractivity contribution in [3.05, 3.63) is 0 Å². The van der Waals surface area contributed by atoms with Crippen molar-refractivity contribution in [1.82, 2.24) is 10.2 Å². The largest absolute Gasteiger partial charge is 0.390 e. The molecule has 0 aromatic rings. The topological polar surface area (TPSA) is 41.6 Å². The molecular formula is C12H19F3N2O2. The van der Waals surface area contributed by atoms with Crippen molar-refractivity contribution in [3.8, 4) is 0 Å². The minimum atomic E-state index is -4.23. The minimum absolute atomic E-state index is 0.265. The first-order valence-corrected chi connectivity index (χ1v) is 6.63. The molecule has 1 aliphatic heterocycles. The van der Waals surface area contributed by atoms with E-state index in [-0.39, 0.29) is 12.5 Å². The SMILES string of the molecule is O=C(C1CNCCO1)N(CCC(F)(F)F)CC1CC1. The van der Waals surface area contributed by atoms with Gasteiger partial charge in [0.25, 0.3) is 5.91 Å². The number of carbonyl (C=O) groups is 1. The zero-order valence-electron chi connectivity index (χ0n) is 10.7. The van der Waals surface area contributed by atoms with Gasteiger partial charge < -0.3 is 15.0 Å². The van der Waals surface area contributed by atoms with E-state index < -0.39 is 18.7 Å². The van der Waals surface area contributed by atoms with Crippen molar-refractivity contribution >= 4 is 5.91 Å². The van der Waals surface area contributed by atoms with Gasteiger partial charge in [-0.25, -0.2) is 0 Å². The highest BCUT2D eigenvalue weighted by atomic mass is 19.4. The molecule has 19 heavy (non-hydrogen) atoms. The maximum absolute atomic E-state index is 12.3. The molecule has 2 fully saturated rings. The van der Waals surface area contributed by atoms with Crippen LogP contribution in [0.15, 0.2) is 0 Å². The molecule has 2 aliphatic rings. The molecule has 0 bridgehead atoms. The molecule has 0 aromatic carbocycles. The molecule has 1 unspecified atom stereocenters. The zero-order chi connectivity index (χ0) is 13.9. The molecule has 1 heterocycles. The van der Waals surface area contributed by atoms with Crippen LogP contribution < -0.4 is 5.32 Å². The van der Waals surface area contributed by atoms with Crippen LogP contribution in [0.1, 0.15) is 19.3 Å². The lowest BCUT2D eigenvalue weighted by molar-refractivity contribution is -0.153. The Morgan fingerprint density at radius 1 is 1.37 bits per heavy atom. The monoisotopic (exact) mass is 280 g/mol. The second-order valence-electron chi connectivity index (χ2n) is 5.16. The van der Waals surface area contributed by atoms with Gasteiger partial charge in [0.1, 0.15) is 6.10 Å². The Hall–Kier alpha value is -0.820. The van der Waals surface area contributed by atoms with Crippen LogP contribution in [-0.4, -0.2) is 55.9 Å². The zero-order valence-corrected chi connectivity index (χ0v) is 10.7. The van der Waals surface area contributed by atoms with Gasteiger partial charge in [-0.1, -0.05) is 0 Å². The average molecular weight is 280 g/mol. The first kappa shape index (κ1) is 14.6. The van der Waals surface area contributed by atoms with Crippen molar-refractivity contribution in [2.75, 3.05) is 32.8 Å². The minimum Gasteiger partial charge on any atom is -0.366 e. The van der Waals surface area contributed by atoms with Crippen LogP contribution in [0.3, 0.4) is 0 Å². The predicted octanol–water partition coefficient (Wildman–Crippen LogP) is 1.17. The number of rotatable bonds is 5. The molecule has 1 aliphatic carbocycles. The first-order valence-electron chi connectivity index (χ1n) is 6.63. The van der Waals surface area contributed by atoms with Gasteiger partial charge >= 0.3 is 6.18 Å². The van der Waals surface area contributed by atoms with E-state index in [9.17, 15) is 18.0 Å². The molecule has 1 N–H and O–H groups in total. The van der Waals surface area contributed by atoms with E-state index in [0.717, 1.165) is 12.8 Å². The standard InChI is InChI=1S/C12H19F3N2O2/c13-12(14,15)3-5-17(8-9-1-2-9)11(18)10-7-16-4-6-19-10/h9-10,16H,1-8H2. The van der Waals surface area contributed by atoms with Crippen molar-refractivity contribution in [3.63, 3.8) is 0 Å². The van der Waals surface area contributed by atoms with Gasteiger partial charge in [-0.3, -0.25) is 4.79 Å². The van der Waals surface area contributed by atoms with Gasteiger partial charge in [0.2, 0.25) is 0 Å². The second-order valence-corrected chi connectivity index (χ2v) is 5.16. The van der Waals surface area contributed by atoms with E-state index in [1.807, 2.05) is 0 Å². The molecule has 1 atom stereocenters. The molecule has 0 spiro atoms. The summed E-state index contributed by atoms with van der Waals surface area (Å²) in [6, 6.07) is 0. The van der Waals surface area contributed by atoms with Crippen LogP contribution >= 0.6 is 0 Å². The number of nitrogens with zero attached hydrogens (tertiary/aromatic N) is 1. The fourth-order valence-electron chi connectivity index (χ4n) is 2.09. The number of amides is 1. The summed E-state index contributed by atoms with van der Waals surface area (Å²) in [5, 5.41) is 3.02. The van der Waals surface area contributed by atoms with Crippen LogP contribution in [0.5, 0.6) is 0 Å². The molecule has 4 nitrogen and oxygen atoms in total. The van der Waals surface area contributed by atoms with Crippen molar-refractivity contribution in [1.29, 1.82) is 0 Å². The molecule has 7 heteroatoms. The lowest BCUT2D eigenvalue weighted by Gasteiger charge is -2.30. The van der Waals surface area contributed by atoms with Crippen LogP contribution in [-0.2, 0) is 9.53 Å². The first-order chi connectivity index (χ1) is 8.96. The van der Waals surface area contributed by atoms with Crippen LogP contribution in [0, 0.1) is 5.92 Å². The van der Waals surface area contributed by atoms with Gasteiger partial charge in [-0.05, 0) is 18.8 Å². The molecule has 1 saturated heterocycles. The summed E-state index contributed by atoms with van der Waals surface area (Å²) >= 11 is 0. The summed E-state index contributed by atoms with van der Waals surface area (Å²) < 4.78 is 42.2. The normalized spacial score (nSPS) is 24.3. The average Bonchev–Trinajstić information content (AvgIpc) is 3.17. The Morgan fingerprint density at radius 2 is 2.11 bits per heavy atom. The summed E-state index contributed by atoms with van der Waals surface area (Å²) in [5.41, 5.74) is 0. The third-order valence-corrected chi connectivity index (χ3v) is 3.36. The van der Waals surface area contributed by atoms with Crippen LogP contribution in [0.4, 0.5) is 13.2 Å². The van der Waals surface area contributed by atoms with Gasteiger partial charge in [0, 0.05) is 26.2 Å². The number of ether oxygens (including phenoxy) is 1. The third kappa shape index (κ3) is 4.99. The van der Waals surface area contributed by atoms with Gasteiger partial charge in [-0.15, -0.1) is 0 Å². The van der Waals surface area contributed by atoms with E-state index in [4.69, 9.17) is 4.74 Å². The molecular weight excluding hydrogens is 261 g/mol. The Labute approximate surface area is 110 Å². The number of carbonyl (C=O) groups excluding carboxylic acids is 1. The fourth-order valence-corrected chi connectivity index (χ4v) is 2.09. The number of morpholine rings is 1. The molecule has 1 amide bonds. The number of halogens is 3. The highest BCUT2D eigenvalue weighted by Crippen LogP contribution is 2.30. The lowest BCUT2D eigenvalue weighted by atomic mass is 10.2. The molecule has 110 valence electrons. The van der Waals surface area contributed by atoms with Crippen LogP contribution in [0.2, 0.25) is 0 Å². The Bertz CT molecular complexity index is 313. The highest BCUT2D eigenvalue weighted by Gasteiger charge is 2.34. The maximum atomic E-state index is 12.3. The van der Waals surface area contributed by atoms with Crippen molar-refractivity contribution in [2.24, 2.45) is 5.92 Å². The summed E-state index contributed by atoms with van der Waals surface area (Å²) in [7, 11) is 0. The van der Waals surface area contributed by atoms with Crippen molar-refractivity contribution < 1.29 is 22.7 Å². The molecule has 0 aromatic heterocycles. The van der Waals surface area contributed by atoms with Gasteiger partial charge in [0.05, 0.1) is 13.0 Å². The molecule has 2 rings (SSSR count). The van der Waals surface area contributed by atoms with E-state index >= 15 is 0 Å². The molecule has 0 radical (unpaired) electrons. The van der Waals surface area contributed by atoms with E-state index in [0.29, 0.717) is 32.2 Å². The number of hydrogen-bond acceptors (Lipinski definition) is 3. The summed E-state index contributed by atoms with van der Waals surface area (Å²) in [6.07, 6.45) is -3.82.